The Morgan fingerprint density at radius 2 is 1.58 bits per heavy atom. The fraction of sp³-hybridized carbons (Fsp3) is 0.150. The Hall–Kier alpha value is -2.86. The van der Waals surface area contributed by atoms with Crippen molar-refractivity contribution >= 4 is 26.9 Å². The van der Waals surface area contributed by atoms with Gasteiger partial charge in [0.15, 0.2) is 0 Å². The van der Waals surface area contributed by atoms with Crippen LogP contribution in [0.15, 0.2) is 65.6 Å². The molecule has 0 fully saturated rings. The molecule has 0 aliphatic heterocycles. The van der Waals surface area contributed by atoms with Crippen molar-refractivity contribution < 1.29 is 22.1 Å². The van der Waals surface area contributed by atoms with Crippen LogP contribution < -0.4 is 4.18 Å². The van der Waals surface area contributed by atoms with Crippen molar-refractivity contribution in [3.05, 3.63) is 71.8 Å². The second-order valence-electron chi connectivity index (χ2n) is 5.79. The molecule has 0 atom stereocenters. The Morgan fingerprint density at radius 3 is 2.27 bits per heavy atom. The third-order valence-electron chi connectivity index (χ3n) is 3.84. The van der Waals surface area contributed by atoms with Gasteiger partial charge in [0, 0.05) is 0 Å². The van der Waals surface area contributed by atoms with Crippen molar-refractivity contribution in [3.8, 4) is 5.75 Å². The molecule has 0 bridgehead atoms. The summed E-state index contributed by atoms with van der Waals surface area (Å²) in [7, 11) is -3.90. The highest BCUT2D eigenvalue weighted by Crippen LogP contribution is 2.25. The van der Waals surface area contributed by atoms with E-state index in [9.17, 15) is 13.2 Å². The van der Waals surface area contributed by atoms with Gasteiger partial charge >= 0.3 is 16.1 Å². The molecule has 0 unspecified atom stereocenters. The van der Waals surface area contributed by atoms with Crippen molar-refractivity contribution in [1.82, 2.24) is 0 Å². The largest absolute Gasteiger partial charge is 0.462 e. The van der Waals surface area contributed by atoms with Gasteiger partial charge in [-0.2, -0.15) is 8.42 Å². The topological polar surface area (TPSA) is 69.7 Å². The number of fused-ring (bicyclic) bond motifs is 1. The van der Waals surface area contributed by atoms with Gasteiger partial charge in [0.05, 0.1) is 12.2 Å². The molecule has 0 spiro atoms. The van der Waals surface area contributed by atoms with Crippen molar-refractivity contribution in [3.63, 3.8) is 0 Å². The molecule has 134 valence electrons. The molecule has 0 saturated heterocycles. The molecule has 0 heterocycles. The number of benzene rings is 3. The highest BCUT2D eigenvalue weighted by atomic mass is 32.2. The molecule has 6 heteroatoms. The van der Waals surface area contributed by atoms with Crippen LogP contribution in [0, 0.1) is 6.92 Å². The zero-order valence-corrected chi connectivity index (χ0v) is 15.2. The van der Waals surface area contributed by atoms with Crippen LogP contribution in [0.3, 0.4) is 0 Å². The van der Waals surface area contributed by atoms with E-state index in [0.717, 1.165) is 16.3 Å². The van der Waals surface area contributed by atoms with E-state index in [1.165, 1.54) is 12.1 Å². The third kappa shape index (κ3) is 3.86. The molecule has 3 aromatic carbocycles. The predicted octanol–water partition coefficient (Wildman–Crippen LogP) is 4.09. The van der Waals surface area contributed by atoms with Gasteiger partial charge in [0.25, 0.3) is 0 Å². The van der Waals surface area contributed by atoms with Gasteiger partial charge < -0.3 is 8.92 Å². The minimum absolute atomic E-state index is 0.0980. The van der Waals surface area contributed by atoms with Gasteiger partial charge in [-0.15, -0.1) is 0 Å². The molecule has 0 saturated carbocycles. The molecular weight excluding hydrogens is 352 g/mol. The van der Waals surface area contributed by atoms with E-state index in [-0.39, 0.29) is 10.6 Å². The summed E-state index contributed by atoms with van der Waals surface area (Å²) in [4.78, 5) is 11.9. The maximum absolute atomic E-state index is 12.4. The zero-order valence-electron chi connectivity index (χ0n) is 14.4. The minimum Gasteiger partial charge on any atom is -0.462 e. The van der Waals surface area contributed by atoms with Gasteiger partial charge in [-0.25, -0.2) is 4.79 Å². The molecule has 0 aromatic heterocycles. The second-order valence-corrected chi connectivity index (χ2v) is 7.34. The summed E-state index contributed by atoms with van der Waals surface area (Å²) >= 11 is 0. The van der Waals surface area contributed by atoms with E-state index in [1.54, 1.807) is 55.5 Å². The molecule has 0 aliphatic carbocycles. The first kappa shape index (κ1) is 17.9. The lowest BCUT2D eigenvalue weighted by molar-refractivity contribution is 0.0526. The van der Waals surface area contributed by atoms with E-state index in [0.29, 0.717) is 12.2 Å². The second kappa shape index (κ2) is 7.17. The summed E-state index contributed by atoms with van der Waals surface area (Å²) in [6.45, 7) is 3.93. The molecule has 26 heavy (non-hydrogen) atoms. The number of carbonyl (C=O) groups is 1. The number of carbonyl (C=O) groups excluding carboxylic acids is 1. The summed E-state index contributed by atoms with van der Waals surface area (Å²) in [6, 6.07) is 16.4. The average Bonchev–Trinajstić information content (AvgIpc) is 2.61. The molecule has 5 nitrogen and oxygen atoms in total. The van der Waals surface area contributed by atoms with E-state index >= 15 is 0 Å². The SMILES string of the molecule is CCOC(=O)c1ccc2cc(OS(=O)(=O)c3ccc(C)cc3)ccc2c1. The molecule has 3 aromatic rings. The molecule has 0 N–H and O–H groups in total. The van der Waals surface area contributed by atoms with Gasteiger partial charge in [0.1, 0.15) is 10.6 Å². The lowest BCUT2D eigenvalue weighted by atomic mass is 10.1. The van der Waals surface area contributed by atoms with Crippen LogP contribution in [0.2, 0.25) is 0 Å². The number of aryl methyl sites for hydroxylation is 1. The van der Waals surface area contributed by atoms with Crippen LogP contribution >= 0.6 is 0 Å². The van der Waals surface area contributed by atoms with Crippen molar-refractivity contribution in [1.29, 1.82) is 0 Å². The Balaban J connectivity index is 1.88. The number of hydrogen-bond acceptors (Lipinski definition) is 5. The van der Waals surface area contributed by atoms with E-state index in [1.807, 2.05) is 6.92 Å². The van der Waals surface area contributed by atoms with Crippen LogP contribution in [-0.2, 0) is 14.9 Å². The maximum Gasteiger partial charge on any atom is 0.339 e. The molecule has 0 amide bonds. The highest BCUT2D eigenvalue weighted by molar-refractivity contribution is 7.87. The number of rotatable bonds is 5. The van der Waals surface area contributed by atoms with Gasteiger partial charge in [-0.1, -0.05) is 29.8 Å². The standard InChI is InChI=1S/C20H18O5S/c1-3-24-20(21)17-7-6-16-13-18(9-8-15(16)12-17)25-26(22,23)19-10-4-14(2)5-11-19/h4-13H,3H2,1-2H3. The zero-order chi connectivity index (χ0) is 18.7. The van der Waals surface area contributed by atoms with Crippen molar-refractivity contribution in [2.75, 3.05) is 6.61 Å². The molecular formula is C20H18O5S. The summed E-state index contributed by atoms with van der Waals surface area (Å²) in [5.41, 5.74) is 1.41. The summed E-state index contributed by atoms with van der Waals surface area (Å²) < 4.78 is 35.0. The van der Waals surface area contributed by atoms with E-state index in [4.69, 9.17) is 8.92 Å². The third-order valence-corrected chi connectivity index (χ3v) is 5.10. The fourth-order valence-corrected chi connectivity index (χ4v) is 3.42. The van der Waals surface area contributed by atoms with E-state index < -0.39 is 16.1 Å². The Labute approximate surface area is 152 Å². The quantitative estimate of drug-likeness (QED) is 0.500. The van der Waals surface area contributed by atoms with E-state index in [2.05, 4.69) is 0 Å². The highest BCUT2D eigenvalue weighted by Gasteiger charge is 2.16. The van der Waals surface area contributed by atoms with Gasteiger partial charge in [0.2, 0.25) is 0 Å². The Kier molecular flexibility index (Phi) is 4.95. The first-order valence-corrected chi connectivity index (χ1v) is 9.52. The fourth-order valence-electron chi connectivity index (χ4n) is 2.50. The van der Waals surface area contributed by atoms with Crippen LogP contribution in [0.4, 0.5) is 0 Å². The molecule has 0 radical (unpaired) electrons. The van der Waals surface area contributed by atoms with Gasteiger partial charge in [-0.05, 0) is 61.0 Å². The predicted molar refractivity (Wildman–Crippen MR) is 98.9 cm³/mol. The van der Waals surface area contributed by atoms with Crippen LogP contribution in [0.25, 0.3) is 10.8 Å². The summed E-state index contributed by atoms with van der Waals surface area (Å²) in [6.07, 6.45) is 0. The first-order chi connectivity index (χ1) is 12.4. The minimum atomic E-state index is -3.90. The summed E-state index contributed by atoms with van der Waals surface area (Å²) in [5, 5.41) is 1.55. The number of ether oxygens (including phenoxy) is 1. The average molecular weight is 370 g/mol. The number of hydrogen-bond donors (Lipinski definition) is 0. The summed E-state index contributed by atoms with van der Waals surface area (Å²) in [5.74, 6) is -0.182. The number of esters is 1. The van der Waals surface area contributed by atoms with Crippen molar-refractivity contribution in [2.45, 2.75) is 18.7 Å². The van der Waals surface area contributed by atoms with Crippen LogP contribution in [0.1, 0.15) is 22.8 Å². The monoisotopic (exact) mass is 370 g/mol. The molecule has 3 rings (SSSR count). The van der Waals surface area contributed by atoms with Crippen LogP contribution in [-0.4, -0.2) is 21.0 Å². The lowest BCUT2D eigenvalue weighted by Gasteiger charge is -2.09. The van der Waals surface area contributed by atoms with Crippen molar-refractivity contribution in [2.24, 2.45) is 0 Å². The maximum atomic E-state index is 12.4. The Morgan fingerprint density at radius 1 is 0.923 bits per heavy atom. The lowest BCUT2D eigenvalue weighted by Crippen LogP contribution is -2.09. The Bertz CT molecular complexity index is 1050. The normalized spacial score (nSPS) is 11.3. The smallest absolute Gasteiger partial charge is 0.339 e. The van der Waals surface area contributed by atoms with Crippen LogP contribution in [0.5, 0.6) is 5.75 Å². The van der Waals surface area contributed by atoms with Gasteiger partial charge in [-0.3, -0.25) is 0 Å². The molecule has 0 aliphatic rings. The first-order valence-electron chi connectivity index (χ1n) is 8.11.